The van der Waals surface area contributed by atoms with Gasteiger partial charge in [-0.05, 0) is 25.8 Å². The first kappa shape index (κ1) is 13.8. The predicted octanol–water partition coefficient (Wildman–Crippen LogP) is 1.89. The molecule has 1 aliphatic rings. The monoisotopic (exact) mass is 266 g/mol. The Morgan fingerprint density at radius 1 is 1.58 bits per heavy atom. The smallest absolute Gasteiger partial charge is 0.223 e. The van der Waals surface area contributed by atoms with E-state index in [2.05, 4.69) is 5.32 Å². The molecule has 0 heterocycles. The summed E-state index contributed by atoms with van der Waals surface area (Å²) in [5, 5.41) is 2.87. The average Bonchev–Trinajstić information content (AvgIpc) is 3.12. The second-order valence-electron chi connectivity index (χ2n) is 4.91. The fraction of sp³-hybridized carbons (Fsp3) is 0.500. The number of benzene rings is 1. The van der Waals surface area contributed by atoms with Gasteiger partial charge in [0.2, 0.25) is 5.91 Å². The number of nitrogens with two attached hydrogens (primary N) is 1. The molecule has 1 saturated carbocycles. The van der Waals surface area contributed by atoms with E-state index in [1.165, 1.54) is 6.07 Å². The summed E-state index contributed by atoms with van der Waals surface area (Å²) in [5.74, 6) is 0.0197. The van der Waals surface area contributed by atoms with Crippen molar-refractivity contribution < 1.29 is 13.9 Å². The van der Waals surface area contributed by atoms with E-state index < -0.39 is 0 Å². The molecule has 0 spiro atoms. The van der Waals surface area contributed by atoms with E-state index in [1.807, 2.05) is 0 Å². The molecule has 1 aromatic rings. The summed E-state index contributed by atoms with van der Waals surface area (Å²) < 4.78 is 19.0. The maximum absolute atomic E-state index is 13.6. The molecule has 1 unspecified atom stereocenters. The van der Waals surface area contributed by atoms with Crippen LogP contribution in [0.4, 0.5) is 4.39 Å². The number of amides is 1. The molecule has 1 fully saturated rings. The summed E-state index contributed by atoms with van der Waals surface area (Å²) in [4.78, 5) is 11.4. The molecular weight excluding hydrogens is 247 g/mol. The summed E-state index contributed by atoms with van der Waals surface area (Å²) in [5.41, 5.74) is 6.08. The van der Waals surface area contributed by atoms with Gasteiger partial charge in [-0.2, -0.15) is 0 Å². The minimum Gasteiger partial charge on any atom is -0.493 e. The van der Waals surface area contributed by atoms with Crippen LogP contribution in [-0.4, -0.2) is 18.6 Å². The Labute approximate surface area is 112 Å². The van der Waals surface area contributed by atoms with Gasteiger partial charge in [0.15, 0.2) is 0 Å². The zero-order chi connectivity index (χ0) is 13.8. The molecule has 0 aromatic heterocycles. The van der Waals surface area contributed by atoms with Gasteiger partial charge in [-0.15, -0.1) is 0 Å². The van der Waals surface area contributed by atoms with E-state index in [9.17, 15) is 9.18 Å². The molecule has 0 bridgehead atoms. The van der Waals surface area contributed by atoms with Crippen molar-refractivity contribution in [1.82, 2.24) is 5.32 Å². The summed E-state index contributed by atoms with van der Waals surface area (Å²) in [6, 6.07) is 4.59. The van der Waals surface area contributed by atoms with Crippen LogP contribution in [0, 0.1) is 5.82 Å². The van der Waals surface area contributed by atoms with Crippen molar-refractivity contribution in [3.63, 3.8) is 0 Å². The zero-order valence-corrected chi connectivity index (χ0v) is 11.0. The Morgan fingerprint density at radius 3 is 2.89 bits per heavy atom. The Kier molecular flexibility index (Phi) is 4.37. The molecule has 4 nitrogen and oxygen atoms in total. The number of carbonyl (C=O) groups is 1. The lowest BCUT2D eigenvalue weighted by Gasteiger charge is -2.10. The van der Waals surface area contributed by atoms with E-state index >= 15 is 0 Å². The zero-order valence-electron chi connectivity index (χ0n) is 11.0. The van der Waals surface area contributed by atoms with Gasteiger partial charge in [0.1, 0.15) is 11.6 Å². The third kappa shape index (κ3) is 4.21. The molecule has 1 aliphatic carbocycles. The second-order valence-corrected chi connectivity index (χ2v) is 4.91. The highest BCUT2D eigenvalue weighted by atomic mass is 19.1. The van der Waals surface area contributed by atoms with Gasteiger partial charge >= 0.3 is 0 Å². The highest BCUT2D eigenvalue weighted by molar-refractivity contribution is 5.76. The Balaban J connectivity index is 1.79. The molecule has 5 heteroatoms. The summed E-state index contributed by atoms with van der Waals surface area (Å²) in [7, 11) is 0. The quantitative estimate of drug-likeness (QED) is 0.826. The van der Waals surface area contributed by atoms with Crippen molar-refractivity contribution in [3.05, 3.63) is 29.6 Å². The molecule has 0 saturated heterocycles. The predicted molar refractivity (Wildman–Crippen MR) is 70.3 cm³/mol. The summed E-state index contributed by atoms with van der Waals surface area (Å²) in [6.07, 6.45) is 2.42. The molecule has 1 aromatic carbocycles. The van der Waals surface area contributed by atoms with Crippen molar-refractivity contribution in [1.29, 1.82) is 0 Å². The van der Waals surface area contributed by atoms with Gasteiger partial charge < -0.3 is 15.8 Å². The number of hydrogen-bond donors (Lipinski definition) is 2. The first-order valence-corrected chi connectivity index (χ1v) is 6.53. The lowest BCUT2D eigenvalue weighted by molar-refractivity contribution is -0.121. The molecule has 1 amide bonds. The van der Waals surface area contributed by atoms with Gasteiger partial charge in [0.05, 0.1) is 13.0 Å². The minimum absolute atomic E-state index is 0.0184. The van der Waals surface area contributed by atoms with Gasteiger partial charge in [0, 0.05) is 23.7 Å². The lowest BCUT2D eigenvalue weighted by atomic mass is 10.1. The van der Waals surface area contributed by atoms with E-state index in [-0.39, 0.29) is 30.8 Å². The third-order valence-electron chi connectivity index (χ3n) is 3.00. The maximum Gasteiger partial charge on any atom is 0.223 e. The molecule has 1 atom stereocenters. The van der Waals surface area contributed by atoms with Crippen LogP contribution in [0.15, 0.2) is 18.2 Å². The van der Waals surface area contributed by atoms with Gasteiger partial charge in [0.25, 0.3) is 0 Å². The highest BCUT2D eigenvalue weighted by Crippen LogP contribution is 2.21. The van der Waals surface area contributed by atoms with Crippen molar-refractivity contribution in [3.8, 4) is 5.75 Å². The Morgan fingerprint density at radius 2 is 2.32 bits per heavy atom. The topological polar surface area (TPSA) is 64.3 Å². The van der Waals surface area contributed by atoms with Gasteiger partial charge in [-0.25, -0.2) is 4.39 Å². The van der Waals surface area contributed by atoms with Crippen molar-refractivity contribution in [2.45, 2.75) is 38.3 Å². The molecule has 19 heavy (non-hydrogen) atoms. The fourth-order valence-corrected chi connectivity index (χ4v) is 1.76. The van der Waals surface area contributed by atoms with Crippen LogP contribution in [0.5, 0.6) is 5.75 Å². The molecule has 0 radical (unpaired) electrons. The van der Waals surface area contributed by atoms with E-state index in [0.717, 1.165) is 12.8 Å². The van der Waals surface area contributed by atoms with Crippen molar-refractivity contribution in [2.75, 3.05) is 6.61 Å². The molecule has 2 rings (SSSR count). The first-order valence-electron chi connectivity index (χ1n) is 6.53. The van der Waals surface area contributed by atoms with Gasteiger partial charge in [-0.3, -0.25) is 4.79 Å². The normalized spacial score (nSPS) is 15.9. The van der Waals surface area contributed by atoms with Crippen molar-refractivity contribution in [2.24, 2.45) is 5.73 Å². The minimum atomic E-state index is -0.380. The van der Waals surface area contributed by atoms with Crippen LogP contribution < -0.4 is 15.8 Å². The standard InChI is InChI=1S/C14H19FN2O2/c1-9(16)12-5-4-11(8-13(12)15)19-7-6-14(18)17-10-2-3-10/h4-5,8-10H,2-3,6-7,16H2,1H3,(H,17,18). The number of ether oxygens (including phenoxy) is 1. The molecule has 104 valence electrons. The van der Waals surface area contributed by atoms with Crippen LogP contribution >= 0.6 is 0 Å². The lowest BCUT2D eigenvalue weighted by Crippen LogP contribution is -2.26. The van der Waals surface area contributed by atoms with Crippen LogP contribution in [0.25, 0.3) is 0 Å². The van der Waals surface area contributed by atoms with E-state index in [1.54, 1.807) is 19.1 Å². The third-order valence-corrected chi connectivity index (χ3v) is 3.00. The number of hydrogen-bond acceptors (Lipinski definition) is 3. The number of carbonyl (C=O) groups excluding carboxylic acids is 1. The number of halogens is 1. The van der Waals surface area contributed by atoms with Crippen LogP contribution in [0.3, 0.4) is 0 Å². The second kappa shape index (κ2) is 6.02. The first-order chi connectivity index (χ1) is 9.06. The fourth-order valence-electron chi connectivity index (χ4n) is 1.76. The maximum atomic E-state index is 13.6. The molecule has 0 aliphatic heterocycles. The Hall–Kier alpha value is -1.62. The van der Waals surface area contributed by atoms with Crippen LogP contribution in [0.1, 0.15) is 37.8 Å². The number of rotatable bonds is 6. The largest absolute Gasteiger partial charge is 0.493 e. The SMILES string of the molecule is CC(N)c1ccc(OCCC(=O)NC2CC2)cc1F. The summed E-state index contributed by atoms with van der Waals surface area (Å²) in [6.45, 7) is 1.97. The number of nitrogens with one attached hydrogen (secondary N) is 1. The van der Waals surface area contributed by atoms with E-state index in [4.69, 9.17) is 10.5 Å². The summed E-state index contributed by atoms with van der Waals surface area (Å²) >= 11 is 0. The molecular formula is C14H19FN2O2. The van der Waals surface area contributed by atoms with E-state index in [0.29, 0.717) is 17.4 Å². The molecule has 3 N–H and O–H groups in total. The van der Waals surface area contributed by atoms with Crippen molar-refractivity contribution >= 4 is 5.91 Å². The van der Waals surface area contributed by atoms with Crippen LogP contribution in [-0.2, 0) is 4.79 Å². The van der Waals surface area contributed by atoms with Crippen LogP contribution in [0.2, 0.25) is 0 Å². The Bertz CT molecular complexity index is 459. The average molecular weight is 266 g/mol. The highest BCUT2D eigenvalue weighted by Gasteiger charge is 2.22. The van der Waals surface area contributed by atoms with Gasteiger partial charge in [-0.1, -0.05) is 6.07 Å².